The van der Waals surface area contributed by atoms with Gasteiger partial charge in [-0.05, 0) is 42.8 Å². The predicted molar refractivity (Wildman–Crippen MR) is 80.3 cm³/mol. The van der Waals surface area contributed by atoms with Gasteiger partial charge in [0.25, 0.3) is 0 Å². The highest BCUT2D eigenvalue weighted by Gasteiger charge is 1.91. The molecule has 0 saturated heterocycles. The standard InChI is InChI=1S/C8H12O.C8H12S/c2*1-2-3-5-8-6-4-7-9-8/h2*4,6-7H,2-3,5H2,1H3. The van der Waals surface area contributed by atoms with E-state index in [0.717, 1.165) is 12.2 Å². The minimum absolute atomic E-state index is 1.09. The average molecular weight is 264 g/mol. The van der Waals surface area contributed by atoms with Crippen LogP contribution in [0.15, 0.2) is 40.3 Å². The molecule has 0 radical (unpaired) electrons. The van der Waals surface area contributed by atoms with Gasteiger partial charge in [-0.25, -0.2) is 0 Å². The highest BCUT2D eigenvalue weighted by atomic mass is 32.1. The quantitative estimate of drug-likeness (QED) is 0.651. The van der Waals surface area contributed by atoms with Crippen LogP contribution in [0.1, 0.15) is 50.2 Å². The van der Waals surface area contributed by atoms with Gasteiger partial charge in [0.1, 0.15) is 5.76 Å². The fourth-order valence-corrected chi connectivity index (χ4v) is 2.36. The third kappa shape index (κ3) is 6.65. The van der Waals surface area contributed by atoms with E-state index < -0.39 is 0 Å². The monoisotopic (exact) mass is 264 g/mol. The maximum absolute atomic E-state index is 5.14. The maximum Gasteiger partial charge on any atom is 0.103 e. The molecule has 0 atom stereocenters. The van der Waals surface area contributed by atoms with Gasteiger partial charge in [0.05, 0.1) is 6.26 Å². The molecular weight excluding hydrogens is 240 g/mol. The Hall–Kier alpha value is -1.02. The molecule has 0 aromatic carbocycles. The number of rotatable bonds is 6. The third-order valence-electron chi connectivity index (χ3n) is 2.71. The molecule has 1 nitrogen and oxygen atoms in total. The normalized spacial score (nSPS) is 9.89. The van der Waals surface area contributed by atoms with Crippen LogP contribution in [-0.4, -0.2) is 0 Å². The molecule has 0 spiro atoms. The molecule has 0 aliphatic heterocycles. The summed E-state index contributed by atoms with van der Waals surface area (Å²) in [6.45, 7) is 4.41. The predicted octanol–water partition coefficient (Wildman–Crippen LogP) is 5.71. The number of unbranched alkanes of at least 4 members (excludes halogenated alkanes) is 2. The smallest absolute Gasteiger partial charge is 0.103 e. The molecule has 0 bridgehead atoms. The van der Waals surface area contributed by atoms with Crippen LogP contribution in [0.4, 0.5) is 0 Å². The average Bonchev–Trinajstić information content (AvgIpc) is 3.07. The highest BCUT2D eigenvalue weighted by molar-refractivity contribution is 7.09. The summed E-state index contributed by atoms with van der Waals surface area (Å²) in [6.07, 6.45) is 9.19. The van der Waals surface area contributed by atoms with Gasteiger partial charge < -0.3 is 4.42 Å². The van der Waals surface area contributed by atoms with Gasteiger partial charge >= 0.3 is 0 Å². The van der Waals surface area contributed by atoms with Crippen molar-refractivity contribution in [2.24, 2.45) is 0 Å². The summed E-state index contributed by atoms with van der Waals surface area (Å²) in [4.78, 5) is 1.52. The molecule has 0 saturated carbocycles. The minimum atomic E-state index is 1.09. The Balaban J connectivity index is 0.000000180. The molecule has 2 aromatic rings. The lowest BCUT2D eigenvalue weighted by Crippen LogP contribution is -1.77. The van der Waals surface area contributed by atoms with Gasteiger partial charge in [-0.1, -0.05) is 32.8 Å². The Morgan fingerprint density at radius 1 is 1.00 bits per heavy atom. The van der Waals surface area contributed by atoms with Crippen molar-refractivity contribution in [3.05, 3.63) is 46.5 Å². The second kappa shape index (κ2) is 9.95. The molecule has 2 heterocycles. The van der Waals surface area contributed by atoms with Crippen LogP contribution in [0.2, 0.25) is 0 Å². The molecular formula is C16H24OS. The Bertz CT molecular complexity index is 323. The zero-order chi connectivity index (χ0) is 13.1. The Morgan fingerprint density at radius 3 is 2.33 bits per heavy atom. The summed E-state index contributed by atoms with van der Waals surface area (Å²) in [5, 5.41) is 2.14. The zero-order valence-corrected chi connectivity index (χ0v) is 12.3. The molecule has 2 heteroatoms. The van der Waals surface area contributed by atoms with E-state index in [1.165, 1.54) is 37.0 Å². The van der Waals surface area contributed by atoms with E-state index in [-0.39, 0.29) is 0 Å². The first-order chi connectivity index (χ1) is 8.86. The number of hydrogen-bond acceptors (Lipinski definition) is 2. The second-order valence-electron chi connectivity index (χ2n) is 4.37. The van der Waals surface area contributed by atoms with E-state index in [2.05, 4.69) is 31.4 Å². The maximum atomic E-state index is 5.14. The summed E-state index contributed by atoms with van der Waals surface area (Å²) in [5.74, 6) is 1.11. The van der Waals surface area contributed by atoms with Crippen LogP contribution in [-0.2, 0) is 12.8 Å². The van der Waals surface area contributed by atoms with E-state index in [9.17, 15) is 0 Å². The van der Waals surface area contributed by atoms with Crippen molar-refractivity contribution >= 4 is 11.3 Å². The molecule has 0 aliphatic rings. The van der Waals surface area contributed by atoms with Gasteiger partial charge in [-0.15, -0.1) is 11.3 Å². The van der Waals surface area contributed by atoms with Crippen molar-refractivity contribution < 1.29 is 4.42 Å². The molecule has 0 amide bonds. The van der Waals surface area contributed by atoms with Gasteiger partial charge in [-0.3, -0.25) is 0 Å². The van der Waals surface area contributed by atoms with Crippen molar-refractivity contribution in [3.8, 4) is 0 Å². The second-order valence-corrected chi connectivity index (χ2v) is 5.40. The van der Waals surface area contributed by atoms with Crippen molar-refractivity contribution in [2.45, 2.75) is 52.4 Å². The fraction of sp³-hybridized carbons (Fsp3) is 0.500. The molecule has 0 unspecified atom stereocenters. The number of furan rings is 1. The lowest BCUT2D eigenvalue weighted by atomic mass is 10.2. The van der Waals surface area contributed by atoms with Gasteiger partial charge in [-0.2, -0.15) is 0 Å². The molecule has 0 aliphatic carbocycles. The van der Waals surface area contributed by atoms with Crippen LogP contribution < -0.4 is 0 Å². The summed E-state index contributed by atoms with van der Waals surface area (Å²) >= 11 is 1.86. The summed E-state index contributed by atoms with van der Waals surface area (Å²) in [6, 6.07) is 8.29. The van der Waals surface area contributed by atoms with Crippen molar-refractivity contribution in [2.75, 3.05) is 0 Å². The van der Waals surface area contributed by atoms with E-state index >= 15 is 0 Å². The first kappa shape index (κ1) is 15.0. The van der Waals surface area contributed by atoms with Gasteiger partial charge in [0.15, 0.2) is 0 Å². The van der Waals surface area contributed by atoms with Crippen molar-refractivity contribution in [1.29, 1.82) is 0 Å². The summed E-state index contributed by atoms with van der Waals surface area (Å²) in [7, 11) is 0. The number of hydrogen-bond donors (Lipinski definition) is 0. The highest BCUT2D eigenvalue weighted by Crippen LogP contribution is 2.11. The molecule has 100 valence electrons. The largest absolute Gasteiger partial charge is 0.469 e. The van der Waals surface area contributed by atoms with Crippen LogP contribution in [0.3, 0.4) is 0 Å². The van der Waals surface area contributed by atoms with Crippen LogP contribution in [0.25, 0.3) is 0 Å². The van der Waals surface area contributed by atoms with Gasteiger partial charge in [0.2, 0.25) is 0 Å². The topological polar surface area (TPSA) is 13.1 Å². The lowest BCUT2D eigenvalue weighted by molar-refractivity contribution is 0.500. The van der Waals surface area contributed by atoms with E-state index in [0.29, 0.717) is 0 Å². The third-order valence-corrected chi connectivity index (χ3v) is 3.65. The summed E-state index contributed by atoms with van der Waals surface area (Å²) in [5.41, 5.74) is 0. The first-order valence-corrected chi connectivity index (χ1v) is 7.79. The molecule has 18 heavy (non-hydrogen) atoms. The first-order valence-electron chi connectivity index (χ1n) is 6.91. The molecule has 0 N–H and O–H groups in total. The zero-order valence-electron chi connectivity index (χ0n) is 11.5. The summed E-state index contributed by atoms with van der Waals surface area (Å²) < 4.78 is 5.14. The van der Waals surface area contributed by atoms with E-state index in [1.54, 1.807) is 6.26 Å². The molecule has 2 aromatic heterocycles. The van der Waals surface area contributed by atoms with Crippen molar-refractivity contribution in [1.82, 2.24) is 0 Å². The Labute approximate surface area is 115 Å². The van der Waals surface area contributed by atoms with Crippen LogP contribution in [0.5, 0.6) is 0 Å². The van der Waals surface area contributed by atoms with E-state index in [1.807, 2.05) is 23.5 Å². The minimum Gasteiger partial charge on any atom is -0.469 e. The van der Waals surface area contributed by atoms with E-state index in [4.69, 9.17) is 4.42 Å². The number of thiophene rings is 1. The van der Waals surface area contributed by atoms with Crippen LogP contribution >= 0.6 is 11.3 Å². The Morgan fingerprint density at radius 2 is 1.78 bits per heavy atom. The Kier molecular flexibility index (Phi) is 8.32. The molecule has 2 rings (SSSR count). The lowest BCUT2D eigenvalue weighted by Gasteiger charge is -1.90. The van der Waals surface area contributed by atoms with Crippen LogP contribution in [0, 0.1) is 0 Å². The van der Waals surface area contributed by atoms with Gasteiger partial charge in [0, 0.05) is 11.3 Å². The number of aryl methyl sites for hydroxylation is 2. The SMILES string of the molecule is CCCCc1ccco1.CCCCc1cccs1. The fourth-order valence-electron chi connectivity index (χ4n) is 1.61. The molecule has 0 fully saturated rings. The van der Waals surface area contributed by atoms with Crippen molar-refractivity contribution in [3.63, 3.8) is 0 Å².